The molecule has 0 radical (unpaired) electrons. The number of anilines is 2. The first-order valence-electron chi connectivity index (χ1n) is 8.67. The maximum atomic E-state index is 13.2. The van der Waals surface area contributed by atoms with Gasteiger partial charge in [0, 0.05) is 37.6 Å². The molecule has 0 unspecified atom stereocenters. The van der Waals surface area contributed by atoms with Crippen LogP contribution >= 0.6 is 0 Å². The van der Waals surface area contributed by atoms with Crippen molar-refractivity contribution in [3.05, 3.63) is 59.4 Å². The number of carbonyl (C=O) groups excluding carboxylic acids is 1. The van der Waals surface area contributed by atoms with Crippen LogP contribution in [-0.4, -0.2) is 52.1 Å². The Kier molecular flexibility index (Phi) is 6.58. The van der Waals surface area contributed by atoms with Crippen LogP contribution in [-0.2, 0) is 6.54 Å². The van der Waals surface area contributed by atoms with Gasteiger partial charge in [0.25, 0.3) is 5.91 Å². The second-order valence-corrected chi connectivity index (χ2v) is 6.97. The van der Waals surface area contributed by atoms with Crippen molar-refractivity contribution >= 4 is 17.3 Å². The Labute approximate surface area is 154 Å². The predicted octanol–water partition coefficient (Wildman–Crippen LogP) is 1.26. The Bertz CT molecular complexity index is 744. The largest absolute Gasteiger partial charge is 0.399 e. The van der Waals surface area contributed by atoms with Crippen LogP contribution in [0.2, 0.25) is 0 Å². The molecule has 140 valence electrons. The SMILES string of the molecule is CN(C)c1ccc(N)cc1CN(CC[NH+](C)C)C(=O)c1ccc(F)cc1. The van der Waals surface area contributed by atoms with E-state index in [2.05, 4.69) is 0 Å². The zero-order chi connectivity index (χ0) is 19.3. The van der Waals surface area contributed by atoms with Gasteiger partial charge in [0.1, 0.15) is 5.82 Å². The van der Waals surface area contributed by atoms with Gasteiger partial charge in [-0.1, -0.05) is 0 Å². The van der Waals surface area contributed by atoms with E-state index in [4.69, 9.17) is 5.73 Å². The van der Waals surface area contributed by atoms with Crippen LogP contribution in [0.5, 0.6) is 0 Å². The minimum atomic E-state index is -0.350. The molecular weight excluding hydrogens is 331 g/mol. The third kappa shape index (κ3) is 5.20. The lowest BCUT2D eigenvalue weighted by Crippen LogP contribution is -3.06. The Hall–Kier alpha value is -2.60. The molecule has 6 heteroatoms. The molecule has 0 aliphatic rings. The number of hydrogen-bond acceptors (Lipinski definition) is 3. The highest BCUT2D eigenvalue weighted by Gasteiger charge is 2.19. The normalized spacial score (nSPS) is 10.8. The van der Waals surface area contributed by atoms with E-state index in [1.165, 1.54) is 29.2 Å². The Balaban J connectivity index is 2.31. The summed E-state index contributed by atoms with van der Waals surface area (Å²) >= 11 is 0. The molecule has 0 atom stereocenters. The number of nitrogens with two attached hydrogens (primary N) is 1. The standard InChI is InChI=1S/C20H27FN4O/c1-23(2)11-12-25(20(26)15-5-7-17(21)8-6-15)14-16-13-18(22)9-10-19(16)24(3)4/h5-10,13H,11-12,14,22H2,1-4H3/p+1. The smallest absolute Gasteiger partial charge is 0.254 e. The fourth-order valence-corrected chi connectivity index (χ4v) is 2.76. The molecule has 0 bridgehead atoms. The number of carbonyl (C=O) groups is 1. The first-order valence-corrected chi connectivity index (χ1v) is 8.67. The molecule has 2 aromatic rings. The van der Waals surface area contributed by atoms with Crippen molar-refractivity contribution in [2.75, 3.05) is 51.9 Å². The maximum absolute atomic E-state index is 13.2. The van der Waals surface area contributed by atoms with Crippen LogP contribution in [0.25, 0.3) is 0 Å². The number of amides is 1. The number of quaternary nitrogens is 1. The molecule has 0 fully saturated rings. The second kappa shape index (κ2) is 8.67. The van der Waals surface area contributed by atoms with E-state index in [0.717, 1.165) is 17.8 Å². The number of benzene rings is 2. The lowest BCUT2D eigenvalue weighted by molar-refractivity contribution is -0.857. The molecule has 3 N–H and O–H groups in total. The molecule has 26 heavy (non-hydrogen) atoms. The van der Waals surface area contributed by atoms with Crippen LogP contribution in [0.4, 0.5) is 15.8 Å². The van der Waals surface area contributed by atoms with Crippen LogP contribution in [0, 0.1) is 5.82 Å². The van der Waals surface area contributed by atoms with Crippen molar-refractivity contribution in [3.63, 3.8) is 0 Å². The average Bonchev–Trinajstić information content (AvgIpc) is 2.58. The molecule has 0 aliphatic heterocycles. The lowest BCUT2D eigenvalue weighted by atomic mass is 10.1. The highest BCUT2D eigenvalue weighted by Crippen LogP contribution is 2.23. The summed E-state index contributed by atoms with van der Waals surface area (Å²) in [5, 5.41) is 0. The molecule has 0 aliphatic carbocycles. The van der Waals surface area contributed by atoms with Crippen LogP contribution < -0.4 is 15.5 Å². The summed E-state index contributed by atoms with van der Waals surface area (Å²) in [6.45, 7) is 1.86. The number of rotatable bonds is 7. The molecule has 5 nitrogen and oxygen atoms in total. The summed E-state index contributed by atoms with van der Waals surface area (Å²) in [5.74, 6) is -0.463. The maximum Gasteiger partial charge on any atom is 0.254 e. The molecule has 0 aromatic heterocycles. The molecular formula is C20H28FN4O+. The van der Waals surface area contributed by atoms with Crippen LogP contribution in [0.1, 0.15) is 15.9 Å². The highest BCUT2D eigenvalue weighted by molar-refractivity contribution is 5.94. The number of hydrogen-bond donors (Lipinski definition) is 2. The average molecular weight is 359 g/mol. The molecule has 2 aromatic carbocycles. The van der Waals surface area contributed by atoms with Crippen molar-refractivity contribution in [2.24, 2.45) is 0 Å². The van der Waals surface area contributed by atoms with Gasteiger partial charge >= 0.3 is 0 Å². The van der Waals surface area contributed by atoms with Crippen molar-refractivity contribution in [1.82, 2.24) is 4.90 Å². The molecule has 0 spiro atoms. The predicted molar refractivity (Wildman–Crippen MR) is 104 cm³/mol. The molecule has 0 heterocycles. The third-order valence-corrected chi connectivity index (χ3v) is 4.21. The monoisotopic (exact) mass is 359 g/mol. The number of nitrogens with zero attached hydrogens (tertiary/aromatic N) is 2. The quantitative estimate of drug-likeness (QED) is 0.732. The summed E-state index contributed by atoms with van der Waals surface area (Å²) in [4.78, 5) is 18.0. The molecule has 2 rings (SSSR count). The minimum absolute atomic E-state index is 0.113. The second-order valence-electron chi connectivity index (χ2n) is 6.97. The number of nitrogens with one attached hydrogen (secondary N) is 1. The van der Waals surface area contributed by atoms with Gasteiger partial charge in [0.05, 0.1) is 27.2 Å². The van der Waals surface area contributed by atoms with Gasteiger partial charge in [0.15, 0.2) is 0 Å². The molecule has 0 saturated carbocycles. The topological polar surface area (TPSA) is 54.0 Å². The Morgan fingerprint density at radius 3 is 2.35 bits per heavy atom. The van der Waals surface area contributed by atoms with Crippen molar-refractivity contribution < 1.29 is 14.1 Å². The van der Waals surface area contributed by atoms with Gasteiger partial charge in [-0.25, -0.2) is 4.39 Å². The summed E-state index contributed by atoms with van der Waals surface area (Å²) in [6.07, 6.45) is 0. The number of nitrogen functional groups attached to an aromatic ring is 1. The first-order chi connectivity index (χ1) is 12.3. The van der Waals surface area contributed by atoms with E-state index in [-0.39, 0.29) is 11.7 Å². The van der Waals surface area contributed by atoms with Gasteiger partial charge in [-0.3, -0.25) is 4.79 Å². The zero-order valence-corrected chi connectivity index (χ0v) is 15.9. The summed E-state index contributed by atoms with van der Waals surface area (Å²) in [6, 6.07) is 11.4. The van der Waals surface area contributed by atoms with Crippen molar-refractivity contribution in [1.29, 1.82) is 0 Å². The molecule has 0 saturated heterocycles. The van der Waals surface area contributed by atoms with E-state index < -0.39 is 0 Å². The van der Waals surface area contributed by atoms with Gasteiger partial charge < -0.3 is 20.4 Å². The Morgan fingerprint density at radius 1 is 1.12 bits per heavy atom. The first kappa shape index (κ1) is 19.7. The van der Waals surface area contributed by atoms with E-state index in [9.17, 15) is 9.18 Å². The Morgan fingerprint density at radius 2 is 1.77 bits per heavy atom. The van der Waals surface area contributed by atoms with E-state index in [1.54, 1.807) is 4.90 Å². The summed E-state index contributed by atoms with van der Waals surface area (Å²) in [5.41, 5.74) is 9.12. The van der Waals surface area contributed by atoms with Gasteiger partial charge in [0.2, 0.25) is 0 Å². The van der Waals surface area contributed by atoms with E-state index >= 15 is 0 Å². The van der Waals surface area contributed by atoms with Crippen molar-refractivity contribution in [3.8, 4) is 0 Å². The highest BCUT2D eigenvalue weighted by atomic mass is 19.1. The zero-order valence-electron chi connectivity index (χ0n) is 15.9. The van der Waals surface area contributed by atoms with Crippen LogP contribution in [0.15, 0.2) is 42.5 Å². The van der Waals surface area contributed by atoms with E-state index in [0.29, 0.717) is 24.3 Å². The summed E-state index contributed by atoms with van der Waals surface area (Å²) in [7, 11) is 8.02. The van der Waals surface area contributed by atoms with Gasteiger partial charge in [-0.05, 0) is 48.0 Å². The minimum Gasteiger partial charge on any atom is -0.399 e. The van der Waals surface area contributed by atoms with Crippen molar-refractivity contribution in [2.45, 2.75) is 6.54 Å². The van der Waals surface area contributed by atoms with E-state index in [1.807, 2.05) is 51.3 Å². The van der Waals surface area contributed by atoms with Crippen LogP contribution in [0.3, 0.4) is 0 Å². The lowest BCUT2D eigenvalue weighted by Gasteiger charge is -2.26. The fraction of sp³-hybridized carbons (Fsp3) is 0.350. The number of likely N-dealkylation sites (N-methyl/N-ethyl adjacent to an activating group) is 1. The van der Waals surface area contributed by atoms with Gasteiger partial charge in [-0.15, -0.1) is 0 Å². The molecule has 1 amide bonds. The van der Waals surface area contributed by atoms with Gasteiger partial charge in [-0.2, -0.15) is 0 Å². The summed E-state index contributed by atoms with van der Waals surface area (Å²) < 4.78 is 13.2. The fourth-order valence-electron chi connectivity index (χ4n) is 2.76. The number of halogens is 1. The third-order valence-electron chi connectivity index (χ3n) is 4.21.